The van der Waals surface area contributed by atoms with Crippen LogP contribution in [0.25, 0.3) is 0 Å². The first kappa shape index (κ1) is 12.6. The van der Waals surface area contributed by atoms with Crippen molar-refractivity contribution in [3.05, 3.63) is 16.4 Å². The molecule has 1 aromatic rings. The molecule has 0 radical (unpaired) electrons. The average Bonchev–Trinajstić information content (AvgIpc) is 2.60. The number of nitrogens with zero attached hydrogens (tertiary/aromatic N) is 2. The molecular weight excluding hydrogens is 332 g/mol. The zero-order chi connectivity index (χ0) is 11.5. The van der Waals surface area contributed by atoms with E-state index in [1.165, 1.54) is 35.8 Å². The molecule has 1 fully saturated rings. The molecule has 0 aromatic carbocycles. The molecule has 2 rings (SSSR count). The second-order valence-corrected chi connectivity index (χ2v) is 6.71. The molecular formula is C12H18Br2N2. The van der Waals surface area contributed by atoms with Crippen molar-refractivity contribution >= 4 is 31.9 Å². The lowest BCUT2D eigenvalue weighted by Gasteiger charge is -2.26. The van der Waals surface area contributed by atoms with Gasteiger partial charge < -0.3 is 0 Å². The van der Waals surface area contributed by atoms with E-state index in [-0.39, 0.29) is 0 Å². The molecule has 4 heteroatoms. The van der Waals surface area contributed by atoms with Gasteiger partial charge in [0, 0.05) is 17.3 Å². The standard InChI is InChI=1S/C12H18Br2N2/c1-2-6-16-12(11(14)8-15-16)9-4-3-5-10(13)7-9/h8-10H,2-7H2,1H3. The summed E-state index contributed by atoms with van der Waals surface area (Å²) in [6, 6.07) is 0. The van der Waals surface area contributed by atoms with Crippen molar-refractivity contribution in [3.8, 4) is 0 Å². The van der Waals surface area contributed by atoms with Crippen molar-refractivity contribution < 1.29 is 0 Å². The summed E-state index contributed by atoms with van der Waals surface area (Å²) < 4.78 is 3.37. The Balaban J connectivity index is 2.20. The van der Waals surface area contributed by atoms with E-state index >= 15 is 0 Å². The molecule has 2 unspecified atom stereocenters. The maximum atomic E-state index is 4.46. The van der Waals surface area contributed by atoms with E-state index in [0.717, 1.165) is 13.0 Å². The molecule has 0 saturated heterocycles. The summed E-state index contributed by atoms with van der Waals surface area (Å²) in [6.45, 7) is 3.23. The molecule has 0 aliphatic heterocycles. The first-order valence-electron chi connectivity index (χ1n) is 6.07. The zero-order valence-corrected chi connectivity index (χ0v) is 12.8. The maximum Gasteiger partial charge on any atom is 0.0635 e. The van der Waals surface area contributed by atoms with E-state index in [2.05, 4.69) is 48.6 Å². The largest absolute Gasteiger partial charge is 0.268 e. The minimum Gasteiger partial charge on any atom is -0.268 e. The summed E-state index contributed by atoms with van der Waals surface area (Å²) in [7, 11) is 0. The summed E-state index contributed by atoms with van der Waals surface area (Å²) in [5.41, 5.74) is 1.41. The summed E-state index contributed by atoms with van der Waals surface area (Å²) in [4.78, 5) is 0.683. The third kappa shape index (κ3) is 2.70. The SMILES string of the molecule is CCCn1ncc(Br)c1C1CCCC(Br)C1. The molecule has 16 heavy (non-hydrogen) atoms. The molecule has 1 aromatic heterocycles. The van der Waals surface area contributed by atoms with E-state index in [1.807, 2.05) is 6.20 Å². The Morgan fingerprint density at radius 1 is 1.50 bits per heavy atom. The van der Waals surface area contributed by atoms with Gasteiger partial charge >= 0.3 is 0 Å². The van der Waals surface area contributed by atoms with Gasteiger partial charge in [0.15, 0.2) is 0 Å². The van der Waals surface area contributed by atoms with Crippen LogP contribution in [-0.4, -0.2) is 14.6 Å². The topological polar surface area (TPSA) is 17.8 Å². The van der Waals surface area contributed by atoms with Crippen molar-refractivity contribution in [3.63, 3.8) is 0 Å². The van der Waals surface area contributed by atoms with Gasteiger partial charge in [0.25, 0.3) is 0 Å². The van der Waals surface area contributed by atoms with Gasteiger partial charge in [-0.3, -0.25) is 4.68 Å². The van der Waals surface area contributed by atoms with Gasteiger partial charge in [0.1, 0.15) is 0 Å². The fraction of sp³-hybridized carbons (Fsp3) is 0.750. The highest BCUT2D eigenvalue weighted by Gasteiger charge is 2.25. The maximum absolute atomic E-state index is 4.46. The summed E-state index contributed by atoms with van der Waals surface area (Å²) in [5.74, 6) is 0.668. The highest BCUT2D eigenvalue weighted by atomic mass is 79.9. The van der Waals surface area contributed by atoms with E-state index in [9.17, 15) is 0 Å². The molecule has 90 valence electrons. The van der Waals surface area contributed by atoms with Gasteiger partial charge in [0.05, 0.1) is 16.4 Å². The highest BCUT2D eigenvalue weighted by molar-refractivity contribution is 9.10. The molecule has 2 nitrogen and oxygen atoms in total. The fourth-order valence-electron chi connectivity index (χ4n) is 2.55. The highest BCUT2D eigenvalue weighted by Crippen LogP contribution is 2.38. The van der Waals surface area contributed by atoms with Crippen molar-refractivity contribution in [1.82, 2.24) is 9.78 Å². The predicted octanol–water partition coefficient (Wildman–Crippen LogP) is 4.48. The van der Waals surface area contributed by atoms with E-state index in [1.54, 1.807) is 0 Å². The van der Waals surface area contributed by atoms with Gasteiger partial charge in [-0.15, -0.1) is 0 Å². The third-order valence-corrected chi connectivity index (χ3v) is 4.71. The van der Waals surface area contributed by atoms with Crippen molar-refractivity contribution in [2.75, 3.05) is 0 Å². The van der Waals surface area contributed by atoms with Crippen LogP contribution in [0.4, 0.5) is 0 Å². The Hall–Kier alpha value is 0.170. The van der Waals surface area contributed by atoms with Crippen molar-refractivity contribution in [1.29, 1.82) is 0 Å². The Bertz CT molecular complexity index is 349. The van der Waals surface area contributed by atoms with Gasteiger partial charge in [-0.1, -0.05) is 29.3 Å². The van der Waals surface area contributed by atoms with Crippen LogP contribution in [0.3, 0.4) is 0 Å². The number of hydrogen-bond donors (Lipinski definition) is 0. The van der Waals surface area contributed by atoms with Crippen molar-refractivity contribution in [2.45, 2.75) is 56.3 Å². The molecule has 0 bridgehead atoms. The molecule has 1 aliphatic carbocycles. The summed E-state index contributed by atoms with van der Waals surface area (Å²) in [6.07, 6.45) is 8.28. The summed E-state index contributed by atoms with van der Waals surface area (Å²) in [5, 5.41) is 4.46. The fourth-order valence-corrected chi connectivity index (χ4v) is 3.94. The lowest BCUT2D eigenvalue weighted by atomic mass is 9.87. The molecule has 1 saturated carbocycles. The van der Waals surface area contributed by atoms with Crippen LogP contribution in [0.5, 0.6) is 0 Å². The monoisotopic (exact) mass is 348 g/mol. The zero-order valence-electron chi connectivity index (χ0n) is 9.63. The quantitative estimate of drug-likeness (QED) is 0.736. The predicted molar refractivity (Wildman–Crippen MR) is 74.1 cm³/mol. The molecule has 0 N–H and O–H groups in total. The second kappa shape index (κ2) is 5.67. The molecule has 0 spiro atoms. The van der Waals surface area contributed by atoms with Crippen LogP contribution < -0.4 is 0 Å². The Morgan fingerprint density at radius 3 is 3.00 bits per heavy atom. The van der Waals surface area contributed by atoms with Gasteiger partial charge in [-0.25, -0.2) is 0 Å². The Kier molecular flexibility index (Phi) is 4.48. The van der Waals surface area contributed by atoms with Crippen LogP contribution in [0.2, 0.25) is 0 Å². The van der Waals surface area contributed by atoms with E-state index < -0.39 is 0 Å². The molecule has 2 atom stereocenters. The van der Waals surface area contributed by atoms with Crippen LogP contribution in [0.15, 0.2) is 10.7 Å². The lowest BCUT2D eigenvalue weighted by molar-refractivity contribution is 0.423. The van der Waals surface area contributed by atoms with Crippen LogP contribution in [-0.2, 0) is 6.54 Å². The van der Waals surface area contributed by atoms with Crippen molar-refractivity contribution in [2.24, 2.45) is 0 Å². The summed E-state index contributed by atoms with van der Waals surface area (Å²) >= 11 is 7.40. The number of halogens is 2. The smallest absolute Gasteiger partial charge is 0.0635 e. The minimum atomic E-state index is 0.668. The Labute approximate surface area is 114 Å². The minimum absolute atomic E-state index is 0.668. The molecule has 1 aliphatic rings. The first-order chi connectivity index (χ1) is 7.72. The number of hydrogen-bond acceptors (Lipinski definition) is 1. The van der Waals surface area contributed by atoms with Gasteiger partial charge in [0.2, 0.25) is 0 Å². The van der Waals surface area contributed by atoms with E-state index in [4.69, 9.17) is 0 Å². The first-order valence-corrected chi connectivity index (χ1v) is 7.78. The third-order valence-electron chi connectivity index (χ3n) is 3.27. The van der Waals surface area contributed by atoms with Crippen LogP contribution >= 0.6 is 31.9 Å². The molecule has 1 heterocycles. The average molecular weight is 350 g/mol. The van der Waals surface area contributed by atoms with Crippen LogP contribution in [0.1, 0.15) is 50.6 Å². The van der Waals surface area contributed by atoms with Crippen LogP contribution in [0, 0.1) is 0 Å². The van der Waals surface area contributed by atoms with Gasteiger partial charge in [-0.05, 0) is 41.6 Å². The lowest BCUT2D eigenvalue weighted by Crippen LogP contribution is -2.17. The van der Waals surface area contributed by atoms with Gasteiger partial charge in [-0.2, -0.15) is 5.10 Å². The number of aromatic nitrogens is 2. The Morgan fingerprint density at radius 2 is 2.31 bits per heavy atom. The second-order valence-electron chi connectivity index (χ2n) is 4.56. The number of aryl methyl sites for hydroxylation is 1. The normalized spacial score (nSPS) is 25.9. The van der Waals surface area contributed by atoms with E-state index in [0.29, 0.717) is 10.7 Å². The number of alkyl halides is 1. The molecule has 0 amide bonds. The number of rotatable bonds is 3.